The summed E-state index contributed by atoms with van der Waals surface area (Å²) in [5.74, 6) is 0.121. The Morgan fingerprint density at radius 2 is 2.05 bits per heavy atom. The largest absolute Gasteiger partial charge is 0.391 e. The minimum Gasteiger partial charge on any atom is -0.391 e. The lowest BCUT2D eigenvalue weighted by molar-refractivity contribution is -0.131. The highest BCUT2D eigenvalue weighted by Gasteiger charge is 2.28. The molecule has 2 saturated heterocycles. The van der Waals surface area contributed by atoms with E-state index in [1.807, 2.05) is 18.2 Å². The van der Waals surface area contributed by atoms with Crippen molar-refractivity contribution in [3.05, 3.63) is 30.3 Å². The summed E-state index contributed by atoms with van der Waals surface area (Å²) in [5.41, 5.74) is 1.20. The average Bonchev–Trinajstić information content (AvgIpc) is 2.95. The third-order valence-corrected chi connectivity index (χ3v) is 4.24. The molecule has 1 unspecified atom stereocenters. The van der Waals surface area contributed by atoms with Crippen molar-refractivity contribution < 1.29 is 9.90 Å². The summed E-state index contributed by atoms with van der Waals surface area (Å²) >= 11 is 0. The van der Waals surface area contributed by atoms with Crippen molar-refractivity contribution in [2.75, 3.05) is 37.6 Å². The maximum absolute atomic E-state index is 12.2. The average molecular weight is 288 g/mol. The first-order chi connectivity index (χ1) is 10.2. The maximum Gasteiger partial charge on any atom is 0.224 e. The van der Waals surface area contributed by atoms with Crippen molar-refractivity contribution in [1.82, 2.24) is 10.2 Å². The van der Waals surface area contributed by atoms with Crippen molar-refractivity contribution in [1.29, 1.82) is 0 Å². The van der Waals surface area contributed by atoms with E-state index in [4.69, 9.17) is 0 Å². The fourth-order valence-corrected chi connectivity index (χ4v) is 3.07. The molecule has 0 aromatic heterocycles. The Balaban J connectivity index is 1.55. The van der Waals surface area contributed by atoms with Gasteiger partial charge in [-0.15, -0.1) is 0 Å². The van der Waals surface area contributed by atoms with E-state index in [9.17, 15) is 9.90 Å². The zero-order chi connectivity index (χ0) is 14.7. The van der Waals surface area contributed by atoms with Gasteiger partial charge in [-0.05, 0) is 18.6 Å². The second-order valence-corrected chi connectivity index (χ2v) is 5.83. The van der Waals surface area contributed by atoms with Crippen molar-refractivity contribution in [2.24, 2.45) is 0 Å². The highest BCUT2D eigenvalue weighted by Crippen LogP contribution is 2.18. The van der Waals surface area contributed by atoms with E-state index in [0.29, 0.717) is 25.9 Å². The predicted octanol–water partition coefficient (Wildman–Crippen LogP) is 0.463. The number of carbonyl (C=O) groups excluding carboxylic acids is 1. The summed E-state index contributed by atoms with van der Waals surface area (Å²) in [7, 11) is 0. The van der Waals surface area contributed by atoms with Gasteiger partial charge in [-0.2, -0.15) is 0 Å². The normalized spacial score (nSPS) is 26.1. The lowest BCUT2D eigenvalue weighted by Crippen LogP contribution is -2.49. The Morgan fingerprint density at radius 3 is 2.76 bits per heavy atom. The molecule has 5 heteroatoms. The van der Waals surface area contributed by atoms with E-state index >= 15 is 0 Å². The van der Waals surface area contributed by atoms with Crippen LogP contribution in [0.4, 0.5) is 5.69 Å². The highest BCUT2D eigenvalue weighted by molar-refractivity contribution is 5.77. The Kier molecular flexibility index (Phi) is 4.41. The van der Waals surface area contributed by atoms with Gasteiger partial charge in [0.2, 0.25) is 5.91 Å². The third kappa shape index (κ3) is 3.54. The molecule has 21 heavy (non-hydrogen) atoms. The molecule has 1 aromatic carbocycles. The number of β-amino-alcohol motifs (C(OH)–C–C–N with tert-alkyl or cyclic N) is 1. The molecule has 1 N–H and O–H groups in total. The molecule has 2 heterocycles. The van der Waals surface area contributed by atoms with E-state index in [0.717, 1.165) is 19.6 Å². The molecular formula is C16H22N3O2. The van der Waals surface area contributed by atoms with Crippen LogP contribution in [0.5, 0.6) is 0 Å². The number of para-hydroxylation sites is 1. The van der Waals surface area contributed by atoms with Gasteiger partial charge < -0.3 is 14.9 Å². The molecule has 1 amide bonds. The molecular weight excluding hydrogens is 266 g/mol. The number of aliphatic hydroxyl groups excluding tert-OH is 1. The molecule has 1 aromatic rings. The molecule has 2 fully saturated rings. The lowest BCUT2D eigenvalue weighted by atomic mass is 10.1. The van der Waals surface area contributed by atoms with Crippen molar-refractivity contribution in [3.63, 3.8) is 0 Å². The number of benzene rings is 1. The lowest BCUT2D eigenvalue weighted by Gasteiger charge is -2.34. The van der Waals surface area contributed by atoms with Gasteiger partial charge in [0.1, 0.15) is 0 Å². The number of hydrogen-bond donors (Lipinski definition) is 1. The summed E-state index contributed by atoms with van der Waals surface area (Å²) in [6.45, 7) is 3.64. The van der Waals surface area contributed by atoms with Crippen LogP contribution < -0.4 is 10.2 Å². The number of rotatable bonds is 3. The van der Waals surface area contributed by atoms with Gasteiger partial charge in [-0.1, -0.05) is 18.2 Å². The van der Waals surface area contributed by atoms with Gasteiger partial charge in [0.25, 0.3) is 0 Å². The summed E-state index contributed by atoms with van der Waals surface area (Å²) < 4.78 is 0. The molecule has 2 aliphatic heterocycles. The Morgan fingerprint density at radius 1 is 1.24 bits per heavy atom. The topological polar surface area (TPSA) is 57.9 Å². The van der Waals surface area contributed by atoms with Crippen LogP contribution in [0.3, 0.4) is 0 Å². The first-order valence-electron chi connectivity index (χ1n) is 7.65. The van der Waals surface area contributed by atoms with Crippen LogP contribution in [-0.2, 0) is 4.79 Å². The Hall–Kier alpha value is -1.59. The van der Waals surface area contributed by atoms with Gasteiger partial charge in [-0.25, -0.2) is 5.32 Å². The number of nitrogens with zero attached hydrogens (tertiary/aromatic N) is 3. The zero-order valence-electron chi connectivity index (χ0n) is 12.2. The maximum atomic E-state index is 12.2. The SMILES string of the molecule is O=C(CC1CN(c2ccccc2)CC[N]1)N1CC[C@@H](O)C1. The zero-order valence-corrected chi connectivity index (χ0v) is 12.2. The van der Waals surface area contributed by atoms with Gasteiger partial charge in [0.05, 0.1) is 12.1 Å². The number of aliphatic hydroxyl groups is 1. The van der Waals surface area contributed by atoms with Crippen LogP contribution in [-0.4, -0.2) is 60.8 Å². The van der Waals surface area contributed by atoms with Gasteiger partial charge in [-0.3, -0.25) is 4.79 Å². The number of amides is 1. The number of anilines is 1. The van der Waals surface area contributed by atoms with Crippen LogP contribution in [0, 0.1) is 0 Å². The number of hydrogen-bond acceptors (Lipinski definition) is 3. The summed E-state index contributed by atoms with van der Waals surface area (Å²) in [4.78, 5) is 16.3. The predicted molar refractivity (Wildman–Crippen MR) is 81.3 cm³/mol. The van der Waals surface area contributed by atoms with Crippen LogP contribution >= 0.6 is 0 Å². The van der Waals surface area contributed by atoms with Crippen LogP contribution in [0.1, 0.15) is 12.8 Å². The Bertz CT molecular complexity index is 480. The first kappa shape index (κ1) is 14.4. The second kappa shape index (κ2) is 6.45. The minimum atomic E-state index is -0.349. The monoisotopic (exact) mass is 288 g/mol. The van der Waals surface area contributed by atoms with E-state index in [-0.39, 0.29) is 18.1 Å². The molecule has 2 aliphatic rings. The van der Waals surface area contributed by atoms with E-state index < -0.39 is 0 Å². The van der Waals surface area contributed by atoms with E-state index in [1.165, 1.54) is 5.69 Å². The third-order valence-electron chi connectivity index (χ3n) is 4.24. The standard InChI is InChI=1S/C16H22N3O2/c20-15-6-8-19(12-15)16(21)10-13-11-18(9-7-17-13)14-4-2-1-3-5-14/h1-5,13,15,20H,6-12H2/t13?,15-/m1/s1. The molecule has 113 valence electrons. The number of piperazine rings is 1. The molecule has 0 saturated carbocycles. The molecule has 0 aliphatic carbocycles. The fraction of sp³-hybridized carbons (Fsp3) is 0.562. The fourth-order valence-electron chi connectivity index (χ4n) is 3.07. The quantitative estimate of drug-likeness (QED) is 0.879. The smallest absolute Gasteiger partial charge is 0.224 e. The first-order valence-corrected chi connectivity index (χ1v) is 7.65. The summed E-state index contributed by atoms with van der Waals surface area (Å²) in [6.07, 6.45) is 0.804. The molecule has 5 nitrogen and oxygen atoms in total. The van der Waals surface area contributed by atoms with Crippen molar-refractivity contribution in [3.8, 4) is 0 Å². The van der Waals surface area contributed by atoms with E-state index in [1.54, 1.807) is 4.90 Å². The molecule has 2 atom stereocenters. The molecule has 1 radical (unpaired) electrons. The minimum absolute atomic E-state index is 0.0594. The van der Waals surface area contributed by atoms with Gasteiger partial charge >= 0.3 is 0 Å². The second-order valence-electron chi connectivity index (χ2n) is 5.83. The van der Waals surface area contributed by atoms with Crippen LogP contribution in [0.2, 0.25) is 0 Å². The molecule has 0 bridgehead atoms. The highest BCUT2D eigenvalue weighted by atomic mass is 16.3. The van der Waals surface area contributed by atoms with Crippen LogP contribution in [0.15, 0.2) is 30.3 Å². The van der Waals surface area contributed by atoms with Gasteiger partial charge in [0.15, 0.2) is 0 Å². The van der Waals surface area contributed by atoms with Crippen molar-refractivity contribution >= 4 is 11.6 Å². The van der Waals surface area contributed by atoms with E-state index in [2.05, 4.69) is 22.3 Å². The van der Waals surface area contributed by atoms with Crippen LogP contribution in [0.25, 0.3) is 0 Å². The van der Waals surface area contributed by atoms with Crippen molar-refractivity contribution in [2.45, 2.75) is 25.0 Å². The number of likely N-dealkylation sites (tertiary alicyclic amines) is 1. The summed E-state index contributed by atoms with van der Waals surface area (Å²) in [5, 5.41) is 14.1. The molecule has 0 spiro atoms. The summed E-state index contributed by atoms with van der Waals surface area (Å²) in [6, 6.07) is 10.3. The molecule has 3 rings (SSSR count). The number of carbonyl (C=O) groups is 1. The Labute approximate surface area is 125 Å². The van der Waals surface area contributed by atoms with Gasteiger partial charge in [0, 0.05) is 44.8 Å².